The third kappa shape index (κ3) is 1.63. The van der Waals surface area contributed by atoms with Gasteiger partial charge in [0.25, 0.3) is 0 Å². The van der Waals surface area contributed by atoms with Crippen molar-refractivity contribution in [2.75, 3.05) is 24.6 Å². The molecule has 0 spiro atoms. The van der Waals surface area contributed by atoms with Gasteiger partial charge in [0.05, 0.1) is 0 Å². The van der Waals surface area contributed by atoms with E-state index in [-0.39, 0.29) is 0 Å². The smallest absolute Gasteiger partial charge is 0.136 e. The maximum atomic E-state index is 4.64. The van der Waals surface area contributed by atoms with Gasteiger partial charge >= 0.3 is 0 Å². The molecule has 0 bridgehead atoms. The first-order valence-electron chi connectivity index (χ1n) is 2.64. The summed E-state index contributed by atoms with van der Waals surface area (Å²) in [5, 5.41) is 0. The van der Waals surface area contributed by atoms with E-state index in [4.69, 9.17) is 0 Å². The molecule has 0 aromatic heterocycles. The fourth-order valence-electron chi connectivity index (χ4n) is 0.655. The van der Waals surface area contributed by atoms with E-state index >= 15 is 0 Å². The van der Waals surface area contributed by atoms with Crippen LogP contribution in [0.15, 0.2) is 0 Å². The zero-order valence-electron chi connectivity index (χ0n) is 4.59. The van der Waals surface area contributed by atoms with Gasteiger partial charge in [-0.3, -0.25) is 0 Å². The summed E-state index contributed by atoms with van der Waals surface area (Å²) >= 11 is 6.62. The lowest BCUT2D eigenvalue weighted by Gasteiger charge is -2.21. The summed E-state index contributed by atoms with van der Waals surface area (Å²) in [6.45, 7) is 2.18. The molecule has 0 aromatic rings. The van der Waals surface area contributed by atoms with Gasteiger partial charge in [-0.15, -0.1) is 0 Å². The second-order valence-corrected chi connectivity index (χ2v) is 3.10. The van der Waals surface area contributed by atoms with Crippen LogP contribution in [0.4, 0.5) is 0 Å². The standard InChI is InChI=1S/C5H8NS2/c7-5-6-1-3-8-4-2-6/h1-4H2. The summed E-state index contributed by atoms with van der Waals surface area (Å²) in [4.78, 5) is 2.06. The zero-order valence-corrected chi connectivity index (χ0v) is 6.23. The van der Waals surface area contributed by atoms with E-state index in [0.717, 1.165) is 13.1 Å². The molecule has 0 N–H and O–H groups in total. The Labute approximate surface area is 59.4 Å². The number of nitrogens with zero attached hydrogens (tertiary/aromatic N) is 1. The molecule has 1 aliphatic heterocycles. The van der Waals surface area contributed by atoms with Crippen LogP contribution in [0.1, 0.15) is 0 Å². The van der Waals surface area contributed by atoms with Gasteiger partial charge in [0.1, 0.15) is 5.49 Å². The Morgan fingerprint density at radius 1 is 1.38 bits per heavy atom. The molecule has 1 fully saturated rings. The monoisotopic (exact) mass is 146 g/mol. The number of hydrogen-bond donors (Lipinski definition) is 0. The molecule has 0 atom stereocenters. The highest BCUT2D eigenvalue weighted by molar-refractivity contribution is 7.99. The van der Waals surface area contributed by atoms with E-state index in [1.807, 2.05) is 11.8 Å². The van der Waals surface area contributed by atoms with Gasteiger partial charge < -0.3 is 4.90 Å². The van der Waals surface area contributed by atoms with Gasteiger partial charge in [-0.1, -0.05) is 12.2 Å². The van der Waals surface area contributed by atoms with Crippen molar-refractivity contribution in [2.24, 2.45) is 0 Å². The summed E-state index contributed by atoms with van der Waals surface area (Å²) in [6, 6.07) is 0. The molecular weight excluding hydrogens is 138 g/mol. The maximum Gasteiger partial charge on any atom is 0.136 e. The van der Waals surface area contributed by atoms with Crippen molar-refractivity contribution in [3.63, 3.8) is 0 Å². The Bertz CT molecular complexity index is 78.5. The molecule has 1 aliphatic rings. The molecule has 1 nitrogen and oxygen atoms in total. The quantitative estimate of drug-likeness (QED) is 0.505. The topological polar surface area (TPSA) is 3.24 Å². The van der Waals surface area contributed by atoms with Gasteiger partial charge in [-0.05, 0) is 0 Å². The summed E-state index contributed by atoms with van der Waals surface area (Å²) < 4.78 is 0. The highest BCUT2D eigenvalue weighted by Crippen LogP contribution is 2.06. The Balaban J connectivity index is 2.22. The highest BCUT2D eigenvalue weighted by atomic mass is 32.2. The van der Waals surface area contributed by atoms with Crippen molar-refractivity contribution in [3.05, 3.63) is 0 Å². The Hall–Kier alpha value is 0.240. The second kappa shape index (κ2) is 3.30. The Morgan fingerprint density at radius 3 is 2.38 bits per heavy atom. The number of thioether (sulfide) groups is 1. The van der Waals surface area contributed by atoms with Crippen molar-refractivity contribution >= 4 is 29.5 Å². The third-order valence-corrected chi connectivity index (χ3v) is 2.34. The van der Waals surface area contributed by atoms with E-state index in [0.29, 0.717) is 0 Å². The summed E-state index contributed by atoms with van der Waals surface area (Å²) in [7, 11) is 0. The number of hydrogen-bond acceptors (Lipinski definition) is 2. The largest absolute Gasteiger partial charge is 0.359 e. The zero-order chi connectivity index (χ0) is 5.82. The fraction of sp³-hybridized carbons (Fsp3) is 0.800. The van der Waals surface area contributed by atoms with Crippen molar-refractivity contribution in [1.82, 2.24) is 4.90 Å². The van der Waals surface area contributed by atoms with Gasteiger partial charge in [-0.2, -0.15) is 11.8 Å². The lowest BCUT2D eigenvalue weighted by molar-refractivity contribution is 0.484. The van der Waals surface area contributed by atoms with Crippen LogP contribution >= 0.6 is 24.0 Å². The second-order valence-electron chi connectivity index (χ2n) is 1.69. The van der Waals surface area contributed by atoms with Crippen LogP contribution in [0, 0.1) is 0 Å². The molecule has 45 valence electrons. The van der Waals surface area contributed by atoms with Gasteiger partial charge in [0.15, 0.2) is 0 Å². The van der Waals surface area contributed by atoms with Crippen LogP contribution in [0.3, 0.4) is 0 Å². The van der Waals surface area contributed by atoms with E-state index in [1.54, 1.807) is 0 Å². The molecular formula is C5H8NS2. The molecule has 0 amide bonds. The molecule has 0 aliphatic carbocycles. The lowest BCUT2D eigenvalue weighted by atomic mass is 10.6. The first kappa shape index (κ1) is 6.36. The predicted molar refractivity (Wildman–Crippen MR) is 41.5 cm³/mol. The van der Waals surface area contributed by atoms with Gasteiger partial charge in [-0.25, -0.2) is 0 Å². The Morgan fingerprint density at radius 2 is 2.00 bits per heavy atom. The number of thiocarbonyl (C=S) groups is 1. The first-order chi connectivity index (χ1) is 3.93. The van der Waals surface area contributed by atoms with Crippen molar-refractivity contribution in [1.29, 1.82) is 0 Å². The fourth-order valence-corrected chi connectivity index (χ4v) is 1.74. The average molecular weight is 146 g/mol. The van der Waals surface area contributed by atoms with E-state index in [1.165, 1.54) is 11.5 Å². The third-order valence-electron chi connectivity index (χ3n) is 1.14. The normalized spacial score (nSPS) is 20.8. The predicted octanol–water partition coefficient (Wildman–Crippen LogP) is 0.869. The summed E-state index contributed by atoms with van der Waals surface area (Å²) in [6.07, 6.45) is 0. The minimum absolute atomic E-state index is 1.09. The molecule has 1 saturated heterocycles. The lowest BCUT2D eigenvalue weighted by Crippen LogP contribution is -2.30. The molecule has 1 radical (unpaired) electrons. The summed E-state index contributed by atoms with van der Waals surface area (Å²) in [5.41, 5.74) is 2.71. The first-order valence-corrected chi connectivity index (χ1v) is 4.20. The molecule has 0 unspecified atom stereocenters. The molecule has 1 heterocycles. The van der Waals surface area contributed by atoms with Crippen molar-refractivity contribution in [2.45, 2.75) is 0 Å². The van der Waals surface area contributed by atoms with Crippen molar-refractivity contribution < 1.29 is 0 Å². The summed E-state index contributed by atoms with van der Waals surface area (Å²) in [5.74, 6) is 2.42. The minimum atomic E-state index is 1.09. The van der Waals surface area contributed by atoms with Gasteiger partial charge in [0, 0.05) is 24.6 Å². The molecule has 1 rings (SSSR count). The van der Waals surface area contributed by atoms with Crippen LogP contribution in [-0.2, 0) is 0 Å². The Kier molecular flexibility index (Phi) is 2.63. The van der Waals surface area contributed by atoms with Gasteiger partial charge in [0.2, 0.25) is 0 Å². The molecule has 8 heavy (non-hydrogen) atoms. The molecule has 0 aromatic carbocycles. The average Bonchev–Trinajstić information content (AvgIpc) is 1.90. The van der Waals surface area contributed by atoms with Crippen LogP contribution in [-0.4, -0.2) is 35.0 Å². The van der Waals surface area contributed by atoms with Crippen LogP contribution in [0.25, 0.3) is 0 Å². The van der Waals surface area contributed by atoms with E-state index < -0.39 is 0 Å². The molecule has 3 heteroatoms. The van der Waals surface area contributed by atoms with Crippen molar-refractivity contribution in [3.8, 4) is 0 Å². The van der Waals surface area contributed by atoms with E-state index in [9.17, 15) is 0 Å². The molecule has 0 saturated carbocycles. The van der Waals surface area contributed by atoms with E-state index in [2.05, 4.69) is 22.6 Å². The van der Waals surface area contributed by atoms with Crippen LogP contribution in [0.2, 0.25) is 0 Å². The van der Waals surface area contributed by atoms with Crippen LogP contribution < -0.4 is 0 Å². The maximum absolute atomic E-state index is 4.64. The van der Waals surface area contributed by atoms with Crippen LogP contribution in [0.5, 0.6) is 0 Å². The SMILES string of the molecule is S=[C]N1CCSCC1. The minimum Gasteiger partial charge on any atom is -0.359 e. The number of rotatable bonds is 1. The highest BCUT2D eigenvalue weighted by Gasteiger charge is 2.04.